The van der Waals surface area contributed by atoms with Crippen molar-refractivity contribution >= 4 is 45.5 Å². The number of aryl methyl sites for hydroxylation is 1. The molecule has 4 rings (SSSR count). The lowest BCUT2D eigenvalue weighted by atomic mass is 10.2. The Hall–Kier alpha value is -3.74. The molecule has 0 bridgehead atoms. The summed E-state index contributed by atoms with van der Waals surface area (Å²) >= 11 is 0.806. The predicted molar refractivity (Wildman–Crippen MR) is 129 cm³/mol. The van der Waals surface area contributed by atoms with Gasteiger partial charge in [0.25, 0.3) is 5.91 Å². The third-order valence-corrected chi connectivity index (χ3v) is 6.54. The fourth-order valence-electron chi connectivity index (χ4n) is 4.12. The zero-order valence-electron chi connectivity index (χ0n) is 19.2. The molecule has 186 valence electrons. The van der Waals surface area contributed by atoms with Crippen LogP contribution in [0.3, 0.4) is 0 Å². The number of amides is 1. The van der Waals surface area contributed by atoms with E-state index in [1.807, 2.05) is 4.90 Å². The van der Waals surface area contributed by atoms with E-state index in [1.54, 1.807) is 11.7 Å². The minimum Gasteiger partial charge on any atom is -0.462 e. The van der Waals surface area contributed by atoms with Crippen LogP contribution in [0, 0.1) is 11.6 Å². The average molecular weight is 506 g/mol. The molecule has 1 aliphatic rings. The van der Waals surface area contributed by atoms with Gasteiger partial charge in [-0.2, -0.15) is 5.10 Å². The standard InChI is InChI=1S/C22H25F2N7O3S/c1-11(32)34-12-5-4-9-31(10-8-12)22-16(18(25)29-30(22)2)27-20(33)17-19(26)35-21(28-17)15-13(23)6-3-7-14(15)24/h3,6-7,12H,4-5,8-10,26H2,1-2H3,(H2,25,29)(H,27,33). The van der Waals surface area contributed by atoms with Gasteiger partial charge in [-0.15, -0.1) is 0 Å². The lowest BCUT2D eigenvalue weighted by Crippen LogP contribution is -2.28. The monoisotopic (exact) mass is 505 g/mol. The second-order valence-corrected chi connectivity index (χ2v) is 9.17. The first kappa shape index (κ1) is 24.4. The molecule has 0 spiro atoms. The smallest absolute Gasteiger partial charge is 0.302 e. The largest absolute Gasteiger partial charge is 0.462 e. The molecule has 1 aromatic carbocycles. The molecular weight excluding hydrogens is 480 g/mol. The molecule has 1 aliphatic heterocycles. The van der Waals surface area contributed by atoms with Gasteiger partial charge in [0.2, 0.25) is 0 Å². The van der Waals surface area contributed by atoms with Crippen LogP contribution in [0.15, 0.2) is 18.2 Å². The number of halogens is 2. The number of nitrogen functional groups attached to an aromatic ring is 2. The second-order valence-electron chi connectivity index (χ2n) is 8.14. The van der Waals surface area contributed by atoms with Crippen molar-refractivity contribution in [3.8, 4) is 10.6 Å². The molecule has 35 heavy (non-hydrogen) atoms. The Morgan fingerprint density at radius 2 is 1.91 bits per heavy atom. The zero-order chi connectivity index (χ0) is 25.3. The molecule has 0 saturated carbocycles. The molecule has 1 atom stereocenters. The number of carbonyl (C=O) groups is 2. The number of thiazole rings is 1. The number of nitrogens with one attached hydrogen (secondary N) is 1. The molecule has 3 aromatic rings. The van der Waals surface area contributed by atoms with Crippen molar-refractivity contribution in [1.82, 2.24) is 14.8 Å². The number of nitrogens with two attached hydrogens (primary N) is 2. The summed E-state index contributed by atoms with van der Waals surface area (Å²) in [7, 11) is 1.70. The van der Waals surface area contributed by atoms with E-state index < -0.39 is 17.5 Å². The van der Waals surface area contributed by atoms with Crippen molar-refractivity contribution in [3.05, 3.63) is 35.5 Å². The van der Waals surface area contributed by atoms with Gasteiger partial charge in [-0.25, -0.2) is 18.4 Å². The minimum absolute atomic E-state index is 0.00293. The number of nitrogens with zero attached hydrogens (tertiary/aromatic N) is 4. The summed E-state index contributed by atoms with van der Waals surface area (Å²) in [5.74, 6) is -1.96. The Morgan fingerprint density at radius 3 is 2.60 bits per heavy atom. The van der Waals surface area contributed by atoms with Crippen molar-refractivity contribution in [3.63, 3.8) is 0 Å². The molecule has 1 unspecified atom stereocenters. The first-order chi connectivity index (χ1) is 16.7. The number of carbonyl (C=O) groups excluding carboxylic acids is 2. The topological polar surface area (TPSA) is 141 Å². The van der Waals surface area contributed by atoms with Crippen LogP contribution >= 0.6 is 11.3 Å². The van der Waals surface area contributed by atoms with E-state index >= 15 is 0 Å². The highest BCUT2D eigenvalue weighted by Crippen LogP contribution is 2.36. The number of esters is 1. The van der Waals surface area contributed by atoms with Crippen LogP contribution in [0.1, 0.15) is 36.7 Å². The maximum absolute atomic E-state index is 14.2. The molecule has 3 heterocycles. The van der Waals surface area contributed by atoms with Gasteiger partial charge in [-0.05, 0) is 25.0 Å². The van der Waals surface area contributed by atoms with Crippen LogP contribution in [-0.2, 0) is 16.6 Å². The summed E-state index contributed by atoms with van der Waals surface area (Å²) in [5.41, 5.74) is 11.8. The van der Waals surface area contributed by atoms with Gasteiger partial charge < -0.3 is 26.4 Å². The van der Waals surface area contributed by atoms with Crippen molar-refractivity contribution in [2.45, 2.75) is 32.3 Å². The molecule has 1 fully saturated rings. The van der Waals surface area contributed by atoms with Crippen LogP contribution in [0.4, 0.5) is 31.1 Å². The maximum Gasteiger partial charge on any atom is 0.302 e. The third-order valence-electron chi connectivity index (χ3n) is 5.63. The first-order valence-corrected chi connectivity index (χ1v) is 11.7. The van der Waals surface area contributed by atoms with Gasteiger partial charge in [0.05, 0.1) is 5.56 Å². The van der Waals surface area contributed by atoms with Crippen molar-refractivity contribution in [2.24, 2.45) is 7.05 Å². The Morgan fingerprint density at radius 1 is 1.20 bits per heavy atom. The maximum atomic E-state index is 14.2. The predicted octanol–water partition coefficient (Wildman–Crippen LogP) is 3.16. The summed E-state index contributed by atoms with van der Waals surface area (Å²) in [5, 5.41) is 6.90. The van der Waals surface area contributed by atoms with E-state index in [1.165, 1.54) is 13.0 Å². The fraction of sp³-hybridized carbons (Fsp3) is 0.364. The summed E-state index contributed by atoms with van der Waals surface area (Å²) in [4.78, 5) is 30.5. The van der Waals surface area contributed by atoms with Crippen LogP contribution in [0.25, 0.3) is 10.6 Å². The lowest BCUT2D eigenvalue weighted by Gasteiger charge is -2.24. The highest BCUT2D eigenvalue weighted by molar-refractivity contribution is 7.19. The number of anilines is 4. The highest BCUT2D eigenvalue weighted by Gasteiger charge is 2.28. The van der Waals surface area contributed by atoms with Crippen molar-refractivity contribution < 1.29 is 23.1 Å². The van der Waals surface area contributed by atoms with E-state index in [-0.39, 0.29) is 44.8 Å². The quantitative estimate of drug-likeness (QED) is 0.449. The van der Waals surface area contributed by atoms with Crippen LogP contribution < -0.4 is 21.7 Å². The van der Waals surface area contributed by atoms with Gasteiger partial charge in [0.15, 0.2) is 17.3 Å². The van der Waals surface area contributed by atoms with Crippen molar-refractivity contribution in [1.29, 1.82) is 0 Å². The first-order valence-electron chi connectivity index (χ1n) is 10.9. The summed E-state index contributed by atoms with van der Waals surface area (Å²) < 4.78 is 35.3. The Bertz CT molecular complexity index is 1260. The van der Waals surface area contributed by atoms with Crippen LogP contribution in [0.2, 0.25) is 0 Å². The van der Waals surface area contributed by atoms with Crippen LogP contribution in [0.5, 0.6) is 0 Å². The number of ether oxygens (including phenoxy) is 1. The number of benzene rings is 1. The number of hydrogen-bond acceptors (Lipinski definition) is 9. The molecule has 1 amide bonds. The zero-order valence-corrected chi connectivity index (χ0v) is 20.0. The van der Waals surface area contributed by atoms with Gasteiger partial charge in [-0.1, -0.05) is 17.4 Å². The number of aromatic nitrogens is 3. The summed E-state index contributed by atoms with van der Waals surface area (Å²) in [6.07, 6.45) is 1.89. The van der Waals surface area contributed by atoms with Gasteiger partial charge in [0, 0.05) is 33.5 Å². The fourth-order valence-corrected chi connectivity index (χ4v) is 5.00. The van der Waals surface area contributed by atoms with E-state index in [4.69, 9.17) is 16.2 Å². The normalized spacial score (nSPS) is 16.1. The Balaban J connectivity index is 1.59. The molecular formula is C22H25F2N7O3S. The van der Waals surface area contributed by atoms with E-state index in [0.29, 0.717) is 25.3 Å². The van der Waals surface area contributed by atoms with Crippen LogP contribution in [-0.4, -0.2) is 45.8 Å². The average Bonchev–Trinajstić information content (AvgIpc) is 3.18. The number of hydrogen-bond donors (Lipinski definition) is 3. The third kappa shape index (κ3) is 5.04. The minimum atomic E-state index is -0.808. The summed E-state index contributed by atoms with van der Waals surface area (Å²) in [6.45, 7) is 2.57. The van der Waals surface area contributed by atoms with E-state index in [0.717, 1.165) is 36.3 Å². The Kier molecular flexibility index (Phi) is 6.87. The lowest BCUT2D eigenvalue weighted by molar-refractivity contribution is -0.146. The molecule has 13 heteroatoms. The van der Waals surface area contributed by atoms with E-state index in [9.17, 15) is 18.4 Å². The Labute approximate surface area is 203 Å². The molecule has 0 radical (unpaired) electrons. The SMILES string of the molecule is CC(=O)OC1CCCN(c2c(NC(=O)c3nc(-c4c(F)cccc4F)sc3N)c(N)nn2C)CC1. The van der Waals surface area contributed by atoms with Gasteiger partial charge in [-0.3, -0.25) is 9.59 Å². The molecule has 0 aliphatic carbocycles. The van der Waals surface area contributed by atoms with Gasteiger partial charge >= 0.3 is 5.97 Å². The molecule has 10 nitrogen and oxygen atoms in total. The molecule has 5 N–H and O–H groups in total. The second kappa shape index (κ2) is 9.86. The molecule has 2 aromatic heterocycles. The number of rotatable bonds is 5. The van der Waals surface area contributed by atoms with Crippen molar-refractivity contribution in [2.75, 3.05) is 34.8 Å². The summed E-state index contributed by atoms with van der Waals surface area (Å²) in [6, 6.07) is 3.44. The highest BCUT2D eigenvalue weighted by atomic mass is 32.1. The van der Waals surface area contributed by atoms with Gasteiger partial charge in [0.1, 0.15) is 33.4 Å². The molecule has 1 saturated heterocycles. The van der Waals surface area contributed by atoms with E-state index in [2.05, 4.69) is 15.4 Å².